The highest BCUT2D eigenvalue weighted by molar-refractivity contribution is 8.01. The third-order valence-corrected chi connectivity index (χ3v) is 6.82. The van der Waals surface area contributed by atoms with Crippen LogP contribution in [0.1, 0.15) is 26.3 Å². The van der Waals surface area contributed by atoms with Gasteiger partial charge in [-0.3, -0.25) is 0 Å². The molecular weight excluding hydrogens is 470 g/mol. The van der Waals surface area contributed by atoms with Crippen molar-refractivity contribution in [2.45, 2.75) is 32.4 Å². The number of nitrogens with zero attached hydrogens (tertiary/aromatic N) is 4. The van der Waals surface area contributed by atoms with E-state index >= 15 is 0 Å². The molecule has 0 aliphatic carbocycles. The van der Waals surface area contributed by atoms with E-state index < -0.39 is 0 Å². The van der Waals surface area contributed by atoms with E-state index in [2.05, 4.69) is 82.2 Å². The number of rotatable bonds is 8. The first kappa shape index (κ1) is 25.9. The van der Waals surface area contributed by atoms with Gasteiger partial charge >= 0.3 is 0 Å². The maximum Gasteiger partial charge on any atom is 0.229 e. The number of hydrogen-bond acceptors (Lipinski definition) is 9. The van der Waals surface area contributed by atoms with Crippen LogP contribution in [0.15, 0.2) is 48.7 Å². The Morgan fingerprint density at radius 2 is 1.72 bits per heavy atom. The number of ether oxygens (including phenoxy) is 1. The summed E-state index contributed by atoms with van der Waals surface area (Å²) in [6.07, 6.45) is 1.82. The normalized spacial score (nSPS) is 14.4. The SMILES string of the molecule is COc1cc(N2CCN(C)CC2)ccc1Nc1ncc(C)c(Nc2cccc(NSC(C)(C)C)c2)n1. The van der Waals surface area contributed by atoms with Crippen LogP contribution >= 0.6 is 11.9 Å². The molecule has 192 valence electrons. The number of likely N-dealkylation sites (N-methyl/N-ethyl adjacent to an activating group) is 1. The summed E-state index contributed by atoms with van der Waals surface area (Å²) in [7, 11) is 3.85. The Balaban J connectivity index is 1.48. The Morgan fingerprint density at radius 1 is 0.972 bits per heavy atom. The van der Waals surface area contributed by atoms with Crippen molar-refractivity contribution in [3.63, 3.8) is 0 Å². The quantitative estimate of drug-likeness (QED) is 0.323. The van der Waals surface area contributed by atoms with E-state index in [1.807, 2.05) is 31.3 Å². The highest BCUT2D eigenvalue weighted by Gasteiger charge is 2.17. The second-order valence-corrected chi connectivity index (χ2v) is 11.7. The number of piperazine rings is 1. The zero-order chi connectivity index (χ0) is 25.7. The lowest BCUT2D eigenvalue weighted by molar-refractivity contribution is 0.312. The first-order chi connectivity index (χ1) is 17.2. The first-order valence-electron chi connectivity index (χ1n) is 12.2. The average Bonchev–Trinajstić information content (AvgIpc) is 2.85. The molecule has 1 aliphatic rings. The van der Waals surface area contributed by atoms with Crippen LogP contribution in [0.4, 0.5) is 34.5 Å². The highest BCUT2D eigenvalue weighted by atomic mass is 32.2. The van der Waals surface area contributed by atoms with Crippen LogP contribution < -0.4 is 25.0 Å². The molecule has 0 radical (unpaired) electrons. The molecule has 36 heavy (non-hydrogen) atoms. The van der Waals surface area contributed by atoms with Crippen LogP contribution in [-0.4, -0.2) is 60.0 Å². The van der Waals surface area contributed by atoms with Gasteiger partial charge in [-0.25, -0.2) is 4.98 Å². The van der Waals surface area contributed by atoms with Crippen molar-refractivity contribution in [1.82, 2.24) is 14.9 Å². The summed E-state index contributed by atoms with van der Waals surface area (Å²) in [5, 5.41) is 6.77. The summed E-state index contributed by atoms with van der Waals surface area (Å²) in [4.78, 5) is 14.0. The van der Waals surface area contributed by atoms with Gasteiger partial charge in [0.1, 0.15) is 11.6 Å². The van der Waals surface area contributed by atoms with E-state index in [1.165, 1.54) is 0 Å². The largest absolute Gasteiger partial charge is 0.494 e. The van der Waals surface area contributed by atoms with E-state index in [4.69, 9.17) is 9.72 Å². The predicted octanol–water partition coefficient (Wildman–Crippen LogP) is 5.89. The first-order valence-corrected chi connectivity index (χ1v) is 13.0. The van der Waals surface area contributed by atoms with Crippen molar-refractivity contribution in [3.8, 4) is 5.75 Å². The maximum absolute atomic E-state index is 5.70. The van der Waals surface area contributed by atoms with E-state index in [9.17, 15) is 0 Å². The zero-order valence-corrected chi connectivity index (χ0v) is 22.9. The molecule has 2 heterocycles. The molecule has 1 aliphatic heterocycles. The number of hydrogen-bond donors (Lipinski definition) is 3. The topological polar surface area (TPSA) is 77.6 Å². The minimum atomic E-state index is 0.122. The molecule has 3 N–H and O–H groups in total. The van der Waals surface area contributed by atoms with Crippen molar-refractivity contribution in [1.29, 1.82) is 0 Å². The summed E-state index contributed by atoms with van der Waals surface area (Å²) in [6, 6.07) is 14.4. The number of aryl methyl sites for hydroxylation is 1. The molecule has 0 spiro atoms. The minimum absolute atomic E-state index is 0.122. The Morgan fingerprint density at radius 3 is 2.44 bits per heavy atom. The summed E-state index contributed by atoms with van der Waals surface area (Å²) < 4.78 is 9.25. The maximum atomic E-state index is 5.70. The van der Waals surface area contributed by atoms with Crippen LogP contribution in [0.3, 0.4) is 0 Å². The van der Waals surface area contributed by atoms with Gasteiger partial charge in [-0.15, -0.1) is 0 Å². The van der Waals surface area contributed by atoms with Gasteiger partial charge < -0.3 is 29.9 Å². The predicted molar refractivity (Wildman–Crippen MR) is 153 cm³/mol. The summed E-state index contributed by atoms with van der Waals surface area (Å²) in [5.74, 6) is 2.02. The molecule has 8 nitrogen and oxygen atoms in total. The summed E-state index contributed by atoms with van der Waals surface area (Å²) in [6.45, 7) is 12.7. The zero-order valence-electron chi connectivity index (χ0n) is 22.1. The lowest BCUT2D eigenvalue weighted by atomic mass is 10.2. The van der Waals surface area contributed by atoms with Gasteiger partial charge in [0.25, 0.3) is 0 Å². The molecule has 0 saturated carbocycles. The van der Waals surface area contributed by atoms with Gasteiger partial charge in [-0.05, 0) is 77.0 Å². The fourth-order valence-electron chi connectivity index (χ4n) is 3.80. The van der Waals surface area contributed by atoms with Gasteiger partial charge in [0.05, 0.1) is 12.8 Å². The molecule has 0 amide bonds. The van der Waals surface area contributed by atoms with E-state index in [0.717, 1.165) is 66.1 Å². The number of benzene rings is 2. The Labute approximate surface area is 219 Å². The van der Waals surface area contributed by atoms with Crippen molar-refractivity contribution < 1.29 is 4.74 Å². The highest BCUT2D eigenvalue weighted by Crippen LogP contribution is 2.33. The standard InChI is InChI=1S/C27H37N7OS/c1-19-18-28-26(31-25(19)29-20-8-7-9-21(16-20)32-36-27(2,3)4)30-23-11-10-22(17-24(23)35-6)34-14-12-33(5)13-15-34/h7-11,16-18,32H,12-15H2,1-6H3,(H2,28,29,30,31). The third-order valence-electron chi connectivity index (χ3n) is 5.87. The van der Waals surface area contributed by atoms with Crippen LogP contribution in [0, 0.1) is 6.92 Å². The van der Waals surface area contributed by atoms with Crippen LogP contribution in [0.2, 0.25) is 0 Å². The fraction of sp³-hybridized carbons (Fsp3) is 0.407. The van der Waals surface area contributed by atoms with Crippen molar-refractivity contribution >= 4 is 46.5 Å². The number of anilines is 6. The van der Waals surface area contributed by atoms with E-state index in [1.54, 1.807) is 19.1 Å². The Bertz CT molecular complexity index is 1170. The molecule has 1 aromatic heterocycles. The van der Waals surface area contributed by atoms with Gasteiger partial charge in [-0.2, -0.15) is 4.98 Å². The number of nitrogens with one attached hydrogen (secondary N) is 3. The molecule has 3 aromatic rings. The van der Waals surface area contributed by atoms with Crippen LogP contribution in [0.5, 0.6) is 5.75 Å². The van der Waals surface area contributed by atoms with Gasteiger partial charge in [0.15, 0.2) is 0 Å². The van der Waals surface area contributed by atoms with E-state index in [0.29, 0.717) is 5.95 Å². The average molecular weight is 508 g/mol. The molecule has 1 saturated heterocycles. The Hall–Kier alpha value is -3.17. The lowest BCUT2D eigenvalue weighted by Crippen LogP contribution is -2.44. The van der Waals surface area contributed by atoms with Gasteiger partial charge in [-0.1, -0.05) is 6.07 Å². The summed E-state index contributed by atoms with van der Waals surface area (Å²) >= 11 is 1.69. The monoisotopic (exact) mass is 507 g/mol. The van der Waals surface area contributed by atoms with Crippen molar-refractivity contribution in [2.75, 3.05) is 60.6 Å². The lowest BCUT2D eigenvalue weighted by Gasteiger charge is -2.34. The third kappa shape index (κ3) is 6.95. The van der Waals surface area contributed by atoms with Gasteiger partial charge in [0.2, 0.25) is 5.95 Å². The van der Waals surface area contributed by atoms with E-state index in [-0.39, 0.29) is 4.75 Å². The molecule has 9 heteroatoms. The van der Waals surface area contributed by atoms with Crippen LogP contribution in [-0.2, 0) is 0 Å². The van der Waals surface area contributed by atoms with Crippen molar-refractivity contribution in [3.05, 3.63) is 54.2 Å². The molecule has 0 bridgehead atoms. The minimum Gasteiger partial charge on any atom is -0.494 e. The Kier molecular flexibility index (Phi) is 8.11. The molecule has 2 aromatic carbocycles. The molecule has 0 atom stereocenters. The molecule has 4 rings (SSSR count). The number of methoxy groups -OCH3 is 1. The fourth-order valence-corrected chi connectivity index (χ4v) is 4.35. The second kappa shape index (κ2) is 11.3. The van der Waals surface area contributed by atoms with Gasteiger partial charge in [0, 0.05) is 65.8 Å². The smallest absolute Gasteiger partial charge is 0.229 e. The number of aromatic nitrogens is 2. The molecule has 1 fully saturated rings. The second-order valence-electron chi connectivity index (χ2n) is 10.0. The molecular formula is C27H37N7OS. The summed E-state index contributed by atoms with van der Waals surface area (Å²) in [5.41, 5.74) is 4.94. The van der Waals surface area contributed by atoms with Crippen molar-refractivity contribution in [2.24, 2.45) is 0 Å². The molecule has 0 unspecified atom stereocenters. The van der Waals surface area contributed by atoms with Crippen LogP contribution in [0.25, 0.3) is 0 Å².